The van der Waals surface area contributed by atoms with Crippen molar-refractivity contribution in [2.24, 2.45) is 0 Å². The minimum Gasteiger partial charge on any atom is -0.497 e. The Hall–Kier alpha value is -3.57. The first-order chi connectivity index (χ1) is 14.7. The van der Waals surface area contributed by atoms with Gasteiger partial charge in [0.1, 0.15) is 22.6 Å². The molecule has 6 heteroatoms. The molecular weight excluding hydrogens is 400 g/mol. The fourth-order valence-electron chi connectivity index (χ4n) is 3.88. The van der Waals surface area contributed by atoms with E-state index in [2.05, 4.69) is 17.2 Å². The van der Waals surface area contributed by atoms with Gasteiger partial charge in [-0.15, -0.1) is 0 Å². The summed E-state index contributed by atoms with van der Waals surface area (Å²) >= 11 is 6.30. The Kier molecular flexibility index (Phi) is 4.52. The fraction of sp³-hybridized carbons (Fsp3) is 0.0833. The van der Waals surface area contributed by atoms with Crippen molar-refractivity contribution >= 4 is 11.6 Å². The molecular formula is C24H17ClN2O3. The van der Waals surface area contributed by atoms with E-state index >= 15 is 0 Å². The third-order valence-electron chi connectivity index (χ3n) is 5.22. The molecule has 1 heterocycles. The first-order valence-corrected chi connectivity index (χ1v) is 9.82. The molecule has 1 aliphatic carbocycles. The highest BCUT2D eigenvalue weighted by molar-refractivity contribution is 6.31. The van der Waals surface area contributed by atoms with E-state index in [1.165, 1.54) is 10.9 Å². The Balaban J connectivity index is 1.65. The Labute approximate surface area is 178 Å². The number of halogens is 1. The van der Waals surface area contributed by atoms with Crippen molar-refractivity contribution < 1.29 is 9.47 Å². The highest BCUT2D eigenvalue weighted by Gasteiger charge is 2.32. The molecule has 0 spiro atoms. The summed E-state index contributed by atoms with van der Waals surface area (Å²) in [7, 11) is 1.57. The molecule has 148 valence electrons. The molecule has 0 aliphatic heterocycles. The highest BCUT2D eigenvalue weighted by Crippen LogP contribution is 2.44. The van der Waals surface area contributed by atoms with E-state index in [0.29, 0.717) is 11.5 Å². The predicted molar refractivity (Wildman–Crippen MR) is 116 cm³/mol. The van der Waals surface area contributed by atoms with Crippen molar-refractivity contribution in [3.8, 4) is 28.4 Å². The second-order valence-electron chi connectivity index (χ2n) is 6.93. The van der Waals surface area contributed by atoms with Crippen molar-refractivity contribution in [2.45, 2.75) is 6.04 Å². The van der Waals surface area contributed by atoms with Crippen molar-refractivity contribution in [1.82, 2.24) is 9.78 Å². The number of ether oxygens (including phenoxy) is 2. The van der Waals surface area contributed by atoms with Crippen LogP contribution < -0.4 is 15.0 Å². The largest absolute Gasteiger partial charge is 0.497 e. The lowest BCUT2D eigenvalue weighted by atomic mass is 10.1. The number of fused-ring (bicyclic) bond motifs is 3. The first-order valence-electron chi connectivity index (χ1n) is 9.45. The average molecular weight is 417 g/mol. The molecule has 0 radical (unpaired) electrons. The second kappa shape index (κ2) is 7.35. The van der Waals surface area contributed by atoms with Crippen molar-refractivity contribution in [3.63, 3.8) is 0 Å². The molecule has 5 rings (SSSR count). The van der Waals surface area contributed by atoms with Crippen LogP contribution in [0.25, 0.3) is 11.1 Å². The van der Waals surface area contributed by atoms with Crippen LogP contribution in [-0.2, 0) is 0 Å². The lowest BCUT2D eigenvalue weighted by molar-refractivity contribution is 0.407. The van der Waals surface area contributed by atoms with Gasteiger partial charge >= 0.3 is 5.56 Å². The van der Waals surface area contributed by atoms with E-state index in [-0.39, 0.29) is 16.8 Å². The molecule has 0 saturated heterocycles. The van der Waals surface area contributed by atoms with Crippen LogP contribution in [-0.4, -0.2) is 16.9 Å². The zero-order valence-corrected chi connectivity index (χ0v) is 16.8. The van der Waals surface area contributed by atoms with Gasteiger partial charge < -0.3 is 9.47 Å². The number of nitrogens with zero attached hydrogens (tertiary/aromatic N) is 2. The molecule has 4 aromatic rings. The van der Waals surface area contributed by atoms with E-state index in [4.69, 9.17) is 21.1 Å². The van der Waals surface area contributed by atoms with Gasteiger partial charge in [0.15, 0.2) is 0 Å². The topological polar surface area (TPSA) is 53.4 Å². The van der Waals surface area contributed by atoms with Crippen LogP contribution in [0.3, 0.4) is 0 Å². The van der Waals surface area contributed by atoms with E-state index < -0.39 is 5.56 Å². The summed E-state index contributed by atoms with van der Waals surface area (Å²) in [6.07, 6.45) is 1.45. The summed E-state index contributed by atoms with van der Waals surface area (Å²) in [5.41, 5.74) is 3.82. The molecule has 0 saturated carbocycles. The van der Waals surface area contributed by atoms with Crippen LogP contribution in [0.2, 0.25) is 5.02 Å². The maximum Gasteiger partial charge on any atom is 0.312 e. The SMILES string of the molecule is COc1cccc(Oc2c(Cl)cnn(C3c4ccccc4-c4ccccc43)c2=O)c1. The Morgan fingerprint density at radius 1 is 0.900 bits per heavy atom. The van der Waals surface area contributed by atoms with Crippen molar-refractivity contribution in [1.29, 1.82) is 0 Å². The zero-order valence-electron chi connectivity index (χ0n) is 16.1. The summed E-state index contributed by atoms with van der Waals surface area (Å²) in [5, 5.41) is 4.51. The van der Waals surface area contributed by atoms with E-state index in [1.54, 1.807) is 31.4 Å². The summed E-state index contributed by atoms with van der Waals surface area (Å²) in [5.74, 6) is 1.11. The smallest absolute Gasteiger partial charge is 0.312 e. The van der Waals surface area contributed by atoms with Crippen LogP contribution in [0.4, 0.5) is 0 Å². The van der Waals surface area contributed by atoms with Gasteiger partial charge in [-0.2, -0.15) is 5.10 Å². The molecule has 0 atom stereocenters. The van der Waals surface area contributed by atoms with Crippen molar-refractivity contribution in [2.75, 3.05) is 7.11 Å². The molecule has 5 nitrogen and oxygen atoms in total. The third kappa shape index (κ3) is 2.95. The highest BCUT2D eigenvalue weighted by atomic mass is 35.5. The van der Waals surface area contributed by atoms with Crippen molar-refractivity contribution in [3.05, 3.63) is 105 Å². The Morgan fingerprint density at radius 2 is 1.53 bits per heavy atom. The maximum atomic E-state index is 13.4. The Morgan fingerprint density at radius 3 is 2.20 bits per heavy atom. The molecule has 3 aromatic carbocycles. The van der Waals surface area contributed by atoms with E-state index in [9.17, 15) is 4.79 Å². The fourth-order valence-corrected chi connectivity index (χ4v) is 4.04. The zero-order chi connectivity index (χ0) is 20.7. The van der Waals surface area contributed by atoms with Gasteiger partial charge in [-0.25, -0.2) is 4.68 Å². The summed E-state index contributed by atoms with van der Waals surface area (Å²) in [4.78, 5) is 13.4. The number of benzene rings is 3. The van der Waals surface area contributed by atoms with Crippen LogP contribution in [0, 0.1) is 0 Å². The summed E-state index contributed by atoms with van der Waals surface area (Å²) < 4.78 is 12.5. The molecule has 1 aliphatic rings. The molecule has 0 unspecified atom stereocenters. The normalized spacial score (nSPS) is 12.3. The quantitative estimate of drug-likeness (QED) is 0.398. The molecule has 0 fully saturated rings. The predicted octanol–water partition coefficient (Wildman–Crippen LogP) is 5.32. The van der Waals surface area contributed by atoms with Crippen LogP contribution in [0.1, 0.15) is 17.2 Å². The van der Waals surface area contributed by atoms with Gasteiger partial charge in [0.05, 0.1) is 13.3 Å². The molecule has 0 N–H and O–H groups in total. The lowest BCUT2D eigenvalue weighted by Crippen LogP contribution is -2.28. The monoisotopic (exact) mass is 416 g/mol. The van der Waals surface area contributed by atoms with Crippen LogP contribution in [0.5, 0.6) is 17.2 Å². The number of rotatable bonds is 4. The van der Waals surface area contributed by atoms with Gasteiger partial charge in [-0.1, -0.05) is 66.2 Å². The third-order valence-corrected chi connectivity index (χ3v) is 5.49. The van der Waals surface area contributed by atoms with E-state index in [1.807, 2.05) is 36.4 Å². The number of aromatic nitrogens is 2. The average Bonchev–Trinajstić information content (AvgIpc) is 3.11. The number of hydrogen-bond acceptors (Lipinski definition) is 4. The number of methoxy groups -OCH3 is 1. The van der Waals surface area contributed by atoms with Crippen LogP contribution in [0.15, 0.2) is 83.8 Å². The molecule has 0 bridgehead atoms. The molecule has 30 heavy (non-hydrogen) atoms. The molecule has 1 aromatic heterocycles. The maximum absolute atomic E-state index is 13.4. The minimum absolute atomic E-state index is 0.0294. The van der Waals surface area contributed by atoms with Gasteiger partial charge in [0, 0.05) is 6.07 Å². The lowest BCUT2D eigenvalue weighted by Gasteiger charge is -2.17. The first kappa shape index (κ1) is 18.5. The van der Waals surface area contributed by atoms with Gasteiger partial charge in [0.25, 0.3) is 0 Å². The molecule has 0 amide bonds. The summed E-state index contributed by atoms with van der Waals surface area (Å²) in [6.45, 7) is 0. The Bertz CT molecular complexity index is 1270. The summed E-state index contributed by atoms with van der Waals surface area (Å²) in [6, 6.07) is 22.7. The van der Waals surface area contributed by atoms with Gasteiger partial charge in [0.2, 0.25) is 5.75 Å². The number of hydrogen-bond donors (Lipinski definition) is 0. The second-order valence-corrected chi connectivity index (χ2v) is 7.34. The van der Waals surface area contributed by atoms with Crippen LogP contribution >= 0.6 is 11.6 Å². The van der Waals surface area contributed by atoms with Gasteiger partial charge in [-0.05, 0) is 34.4 Å². The van der Waals surface area contributed by atoms with Gasteiger partial charge in [-0.3, -0.25) is 4.79 Å². The van der Waals surface area contributed by atoms with E-state index in [0.717, 1.165) is 22.3 Å². The standard InChI is InChI=1S/C24H17ClN2O3/c1-29-15-7-6-8-16(13-15)30-23-21(25)14-26-27(24(23)28)22-19-11-4-2-9-17(19)18-10-3-5-12-20(18)22/h2-14,22H,1H3. The minimum atomic E-state index is -0.401.